The number of hydroxylamine groups is 1. The minimum Gasteiger partial charge on any atom is -0.273 e. The van der Waals surface area contributed by atoms with Crippen LogP contribution in [0.2, 0.25) is 0 Å². The molecule has 1 aromatic rings. The molecule has 0 aromatic heterocycles. The van der Waals surface area contributed by atoms with Crippen LogP contribution in [0.4, 0.5) is 17.1 Å². The molecule has 0 saturated heterocycles. The van der Waals surface area contributed by atoms with Crippen LogP contribution < -0.4 is 5.06 Å². The van der Waals surface area contributed by atoms with Gasteiger partial charge in [0.1, 0.15) is 0 Å². The molecule has 8 heteroatoms. The van der Waals surface area contributed by atoms with Gasteiger partial charge in [0, 0.05) is 18.7 Å². The predicted octanol–water partition coefficient (Wildman–Crippen LogP) is 2.98. The minimum atomic E-state index is -0.628. The number of nitrogens with zero attached hydrogens (tertiary/aromatic N) is 3. The molecule has 0 saturated carbocycles. The zero-order chi connectivity index (χ0) is 15.3. The molecule has 0 bridgehead atoms. The maximum absolute atomic E-state index is 11.2. The fourth-order valence-electron chi connectivity index (χ4n) is 1.87. The number of benzene rings is 1. The van der Waals surface area contributed by atoms with Gasteiger partial charge in [0.15, 0.2) is 0 Å². The summed E-state index contributed by atoms with van der Waals surface area (Å²) in [5.74, 6) is 0. The molecule has 0 unspecified atom stereocenters. The summed E-state index contributed by atoms with van der Waals surface area (Å²) in [7, 11) is 0. The summed E-state index contributed by atoms with van der Waals surface area (Å²) >= 11 is 0. The summed E-state index contributed by atoms with van der Waals surface area (Å²) in [6.07, 6.45) is 0.641. The average Bonchev–Trinajstić information content (AvgIpc) is 2.37. The van der Waals surface area contributed by atoms with Gasteiger partial charge < -0.3 is 0 Å². The second-order valence-electron chi connectivity index (χ2n) is 4.19. The highest BCUT2D eigenvalue weighted by atomic mass is 16.7. The minimum absolute atomic E-state index is 0.102. The van der Waals surface area contributed by atoms with E-state index < -0.39 is 9.85 Å². The molecule has 0 radical (unpaired) electrons. The van der Waals surface area contributed by atoms with E-state index in [4.69, 9.17) is 4.84 Å². The third-order valence-corrected chi connectivity index (χ3v) is 2.57. The quantitative estimate of drug-likeness (QED) is 0.563. The lowest BCUT2D eigenvalue weighted by Gasteiger charge is -2.22. The van der Waals surface area contributed by atoms with E-state index in [0.717, 1.165) is 0 Å². The molecular weight excluding hydrogens is 266 g/mol. The third-order valence-electron chi connectivity index (χ3n) is 2.57. The van der Waals surface area contributed by atoms with Crippen LogP contribution in [-0.2, 0) is 4.84 Å². The zero-order valence-electron chi connectivity index (χ0n) is 11.7. The van der Waals surface area contributed by atoms with E-state index in [1.54, 1.807) is 13.8 Å². The average molecular weight is 283 g/mol. The number of hydrogen-bond acceptors (Lipinski definition) is 6. The SMILES string of the molecule is CCCN(OCC)c1c([N+](=O)[O-])cc(C)cc1[N+](=O)[O-]. The van der Waals surface area contributed by atoms with Gasteiger partial charge in [0.05, 0.1) is 16.5 Å². The van der Waals surface area contributed by atoms with Crippen molar-refractivity contribution < 1.29 is 14.7 Å². The van der Waals surface area contributed by atoms with Gasteiger partial charge in [-0.25, -0.2) is 5.06 Å². The Morgan fingerprint density at radius 1 is 1.15 bits per heavy atom. The largest absolute Gasteiger partial charge is 0.302 e. The maximum Gasteiger partial charge on any atom is 0.302 e. The highest BCUT2D eigenvalue weighted by Crippen LogP contribution is 2.38. The molecule has 0 aliphatic heterocycles. The number of nitro benzene ring substituents is 2. The summed E-state index contributed by atoms with van der Waals surface area (Å²) in [5.41, 5.74) is -0.286. The summed E-state index contributed by atoms with van der Waals surface area (Å²) < 4.78 is 0. The fourth-order valence-corrected chi connectivity index (χ4v) is 1.87. The Morgan fingerprint density at radius 3 is 2.00 bits per heavy atom. The second-order valence-corrected chi connectivity index (χ2v) is 4.19. The van der Waals surface area contributed by atoms with Gasteiger partial charge in [-0.05, 0) is 25.8 Å². The molecule has 1 aromatic carbocycles. The van der Waals surface area contributed by atoms with E-state index in [1.165, 1.54) is 17.2 Å². The standard InChI is InChI=1S/C12H17N3O5/c1-4-6-13(20-5-2)12-10(14(16)17)7-9(3)8-11(12)15(18)19/h7-8H,4-6H2,1-3H3. The molecule has 0 N–H and O–H groups in total. The van der Waals surface area contributed by atoms with Crippen LogP contribution in [0.25, 0.3) is 0 Å². The topological polar surface area (TPSA) is 98.8 Å². The molecule has 0 spiro atoms. The lowest BCUT2D eigenvalue weighted by molar-refractivity contribution is -0.393. The smallest absolute Gasteiger partial charge is 0.273 e. The molecule has 0 atom stereocenters. The van der Waals surface area contributed by atoms with Gasteiger partial charge in [-0.15, -0.1) is 0 Å². The predicted molar refractivity (Wildman–Crippen MR) is 73.8 cm³/mol. The van der Waals surface area contributed by atoms with Crippen molar-refractivity contribution in [3.63, 3.8) is 0 Å². The molecule has 20 heavy (non-hydrogen) atoms. The lowest BCUT2D eigenvalue weighted by Crippen LogP contribution is -2.26. The first-order valence-corrected chi connectivity index (χ1v) is 6.26. The molecule has 110 valence electrons. The summed E-state index contributed by atoms with van der Waals surface area (Å²) in [5, 5.41) is 23.6. The highest BCUT2D eigenvalue weighted by Gasteiger charge is 2.30. The number of anilines is 1. The summed E-state index contributed by atoms with van der Waals surface area (Å²) in [6, 6.07) is 2.62. The number of aryl methyl sites for hydroxylation is 1. The van der Waals surface area contributed by atoms with Crippen LogP contribution in [0.5, 0.6) is 0 Å². The first-order chi connectivity index (χ1) is 9.42. The van der Waals surface area contributed by atoms with Gasteiger partial charge in [-0.2, -0.15) is 0 Å². The van der Waals surface area contributed by atoms with E-state index in [0.29, 0.717) is 18.5 Å². The van der Waals surface area contributed by atoms with Gasteiger partial charge >= 0.3 is 11.4 Å². The van der Waals surface area contributed by atoms with Crippen molar-refractivity contribution in [1.82, 2.24) is 0 Å². The maximum atomic E-state index is 11.2. The third kappa shape index (κ3) is 3.41. The Balaban J connectivity index is 3.52. The van der Waals surface area contributed by atoms with E-state index in [-0.39, 0.29) is 23.7 Å². The van der Waals surface area contributed by atoms with Crippen LogP contribution in [-0.4, -0.2) is 23.0 Å². The summed E-state index contributed by atoms with van der Waals surface area (Å²) in [4.78, 5) is 26.4. The van der Waals surface area contributed by atoms with E-state index in [9.17, 15) is 20.2 Å². The zero-order valence-corrected chi connectivity index (χ0v) is 11.7. The summed E-state index contributed by atoms with van der Waals surface area (Å²) in [6.45, 7) is 5.75. The Labute approximate surface area is 116 Å². The van der Waals surface area contributed by atoms with Crippen LogP contribution >= 0.6 is 0 Å². The fraction of sp³-hybridized carbons (Fsp3) is 0.500. The Morgan fingerprint density at radius 2 is 1.65 bits per heavy atom. The van der Waals surface area contributed by atoms with Crippen molar-refractivity contribution in [2.75, 3.05) is 18.2 Å². The molecule has 8 nitrogen and oxygen atoms in total. The molecule has 0 heterocycles. The highest BCUT2D eigenvalue weighted by molar-refractivity contribution is 5.75. The first kappa shape index (κ1) is 15.8. The van der Waals surface area contributed by atoms with E-state index >= 15 is 0 Å². The van der Waals surface area contributed by atoms with Crippen molar-refractivity contribution in [1.29, 1.82) is 0 Å². The Kier molecular flexibility index (Phi) is 5.39. The monoisotopic (exact) mass is 283 g/mol. The number of hydrogen-bond donors (Lipinski definition) is 0. The molecule has 0 fully saturated rings. The van der Waals surface area contributed by atoms with Crippen molar-refractivity contribution in [3.05, 3.63) is 37.9 Å². The van der Waals surface area contributed by atoms with Gasteiger partial charge in [0.2, 0.25) is 5.69 Å². The van der Waals surface area contributed by atoms with E-state index in [2.05, 4.69) is 0 Å². The Hall–Kier alpha value is -2.22. The van der Waals surface area contributed by atoms with Crippen LogP contribution in [0.3, 0.4) is 0 Å². The molecule has 1 rings (SSSR count). The first-order valence-electron chi connectivity index (χ1n) is 6.26. The van der Waals surface area contributed by atoms with Gasteiger partial charge in [-0.1, -0.05) is 6.92 Å². The number of rotatable bonds is 7. The van der Waals surface area contributed by atoms with Gasteiger partial charge in [0.25, 0.3) is 0 Å². The van der Waals surface area contributed by atoms with Gasteiger partial charge in [-0.3, -0.25) is 25.1 Å². The van der Waals surface area contributed by atoms with Crippen molar-refractivity contribution in [2.24, 2.45) is 0 Å². The normalized spacial score (nSPS) is 10.3. The van der Waals surface area contributed by atoms with Crippen molar-refractivity contribution in [3.8, 4) is 0 Å². The van der Waals surface area contributed by atoms with Crippen molar-refractivity contribution >= 4 is 17.1 Å². The van der Waals surface area contributed by atoms with Crippen LogP contribution in [0.15, 0.2) is 12.1 Å². The van der Waals surface area contributed by atoms with Crippen LogP contribution in [0.1, 0.15) is 25.8 Å². The molecule has 0 amide bonds. The second kappa shape index (κ2) is 6.80. The van der Waals surface area contributed by atoms with E-state index in [1.807, 2.05) is 6.92 Å². The van der Waals surface area contributed by atoms with Crippen LogP contribution in [0, 0.1) is 27.2 Å². The lowest BCUT2D eigenvalue weighted by atomic mass is 10.1. The Bertz CT molecular complexity index is 477. The molecule has 0 aliphatic rings. The molecule has 0 aliphatic carbocycles. The molecular formula is C12H17N3O5. The number of nitro groups is 2. The van der Waals surface area contributed by atoms with Crippen molar-refractivity contribution in [2.45, 2.75) is 27.2 Å².